The number of allylic oxidation sites excluding steroid dienone is 1. The Kier molecular flexibility index (Phi) is 4.09. The van der Waals surface area contributed by atoms with E-state index in [-0.39, 0.29) is 5.78 Å². The second-order valence-corrected chi connectivity index (χ2v) is 5.09. The molecule has 1 aliphatic rings. The highest BCUT2D eigenvalue weighted by atomic mass is 16.3. The minimum Gasteiger partial charge on any atom is -0.382 e. The summed E-state index contributed by atoms with van der Waals surface area (Å²) in [7, 11) is 0. The van der Waals surface area contributed by atoms with Crippen LogP contribution in [0.25, 0.3) is 0 Å². The summed E-state index contributed by atoms with van der Waals surface area (Å²) in [5, 5.41) is 10.2. The molecular weight excluding hydrogens is 188 g/mol. The summed E-state index contributed by atoms with van der Waals surface area (Å²) < 4.78 is 0. The zero-order valence-corrected chi connectivity index (χ0v) is 9.88. The predicted molar refractivity (Wildman–Crippen MR) is 61.6 cm³/mol. The molecule has 0 amide bonds. The summed E-state index contributed by atoms with van der Waals surface area (Å²) in [6.07, 6.45) is 4.37. The predicted octanol–water partition coefficient (Wildman–Crippen LogP) is 2.85. The Hall–Kier alpha value is -0.630. The van der Waals surface area contributed by atoms with E-state index in [1.807, 2.05) is 6.92 Å². The molecule has 0 aliphatic heterocycles. The van der Waals surface area contributed by atoms with Crippen LogP contribution in [-0.2, 0) is 4.79 Å². The number of hydrogen-bond donors (Lipinski definition) is 1. The molecule has 0 bridgehead atoms. The number of ketones is 1. The molecule has 2 heteroatoms. The van der Waals surface area contributed by atoms with Gasteiger partial charge in [-0.2, -0.15) is 0 Å². The SMILES string of the molecule is C=C(C)CCC(=O)C1(O)CCC(C)CC1. The Morgan fingerprint density at radius 2 is 1.93 bits per heavy atom. The molecule has 1 fully saturated rings. The van der Waals surface area contributed by atoms with Gasteiger partial charge in [0.25, 0.3) is 0 Å². The fourth-order valence-corrected chi connectivity index (χ4v) is 2.08. The number of carbonyl (C=O) groups excluding carboxylic acids is 1. The molecule has 15 heavy (non-hydrogen) atoms. The largest absolute Gasteiger partial charge is 0.382 e. The molecule has 86 valence electrons. The molecule has 0 spiro atoms. The Morgan fingerprint density at radius 3 is 2.40 bits per heavy atom. The van der Waals surface area contributed by atoms with Crippen LogP contribution in [0.3, 0.4) is 0 Å². The number of aliphatic hydroxyl groups is 1. The van der Waals surface area contributed by atoms with Gasteiger partial charge in [0.15, 0.2) is 5.78 Å². The Balaban J connectivity index is 2.47. The Labute approximate surface area is 92.4 Å². The van der Waals surface area contributed by atoms with E-state index in [2.05, 4.69) is 13.5 Å². The molecule has 0 atom stereocenters. The summed E-state index contributed by atoms with van der Waals surface area (Å²) in [4.78, 5) is 11.8. The fraction of sp³-hybridized carbons (Fsp3) is 0.769. The molecule has 1 N–H and O–H groups in total. The van der Waals surface area contributed by atoms with E-state index in [4.69, 9.17) is 0 Å². The first-order chi connectivity index (χ1) is 6.94. The maximum atomic E-state index is 11.8. The average molecular weight is 210 g/mol. The summed E-state index contributed by atoms with van der Waals surface area (Å²) in [6.45, 7) is 7.87. The van der Waals surface area contributed by atoms with Gasteiger partial charge >= 0.3 is 0 Å². The van der Waals surface area contributed by atoms with Crippen LogP contribution >= 0.6 is 0 Å². The monoisotopic (exact) mass is 210 g/mol. The van der Waals surface area contributed by atoms with E-state index in [9.17, 15) is 9.90 Å². The normalized spacial score (nSPS) is 31.3. The molecule has 0 unspecified atom stereocenters. The van der Waals surface area contributed by atoms with Crippen LogP contribution in [0, 0.1) is 5.92 Å². The van der Waals surface area contributed by atoms with Crippen molar-refractivity contribution in [3.05, 3.63) is 12.2 Å². The number of Topliss-reactive ketones (excluding diaryl/α,β-unsaturated/α-hetero) is 1. The minimum atomic E-state index is -1.03. The van der Waals surface area contributed by atoms with E-state index < -0.39 is 5.60 Å². The summed E-state index contributed by atoms with van der Waals surface area (Å²) in [5.41, 5.74) is -0.0155. The van der Waals surface area contributed by atoms with Crippen molar-refractivity contribution in [2.45, 2.75) is 58.0 Å². The van der Waals surface area contributed by atoms with Crippen molar-refractivity contribution in [1.29, 1.82) is 0 Å². The zero-order valence-electron chi connectivity index (χ0n) is 9.88. The third-order valence-electron chi connectivity index (χ3n) is 3.40. The highest BCUT2D eigenvalue weighted by molar-refractivity contribution is 5.87. The number of carbonyl (C=O) groups is 1. The maximum Gasteiger partial charge on any atom is 0.164 e. The smallest absolute Gasteiger partial charge is 0.164 e. The van der Waals surface area contributed by atoms with Crippen LogP contribution in [0.1, 0.15) is 52.4 Å². The van der Waals surface area contributed by atoms with E-state index in [0.29, 0.717) is 31.6 Å². The van der Waals surface area contributed by atoms with Gasteiger partial charge in [-0.25, -0.2) is 0 Å². The van der Waals surface area contributed by atoms with Crippen molar-refractivity contribution >= 4 is 5.78 Å². The van der Waals surface area contributed by atoms with Crippen molar-refractivity contribution in [3.8, 4) is 0 Å². The van der Waals surface area contributed by atoms with Crippen LogP contribution < -0.4 is 0 Å². The second kappa shape index (κ2) is 4.93. The van der Waals surface area contributed by atoms with E-state index in [1.165, 1.54) is 0 Å². The van der Waals surface area contributed by atoms with Crippen LogP contribution in [0.5, 0.6) is 0 Å². The van der Waals surface area contributed by atoms with E-state index in [1.54, 1.807) is 0 Å². The lowest BCUT2D eigenvalue weighted by Gasteiger charge is -2.33. The first-order valence-corrected chi connectivity index (χ1v) is 5.84. The van der Waals surface area contributed by atoms with Gasteiger partial charge in [-0.3, -0.25) is 4.79 Å². The molecule has 0 aromatic carbocycles. The van der Waals surface area contributed by atoms with Gasteiger partial charge < -0.3 is 5.11 Å². The highest BCUT2D eigenvalue weighted by Gasteiger charge is 2.37. The van der Waals surface area contributed by atoms with Crippen molar-refractivity contribution in [3.63, 3.8) is 0 Å². The van der Waals surface area contributed by atoms with Crippen LogP contribution in [0.15, 0.2) is 12.2 Å². The van der Waals surface area contributed by atoms with E-state index >= 15 is 0 Å². The molecule has 0 aromatic heterocycles. The van der Waals surface area contributed by atoms with Gasteiger partial charge in [0, 0.05) is 6.42 Å². The first-order valence-electron chi connectivity index (χ1n) is 5.84. The van der Waals surface area contributed by atoms with Crippen LogP contribution in [0.4, 0.5) is 0 Å². The minimum absolute atomic E-state index is 0.0115. The fourth-order valence-electron chi connectivity index (χ4n) is 2.08. The lowest BCUT2D eigenvalue weighted by atomic mass is 9.76. The highest BCUT2D eigenvalue weighted by Crippen LogP contribution is 2.33. The average Bonchev–Trinajstić information content (AvgIpc) is 2.19. The summed E-state index contributed by atoms with van der Waals surface area (Å²) in [5.74, 6) is 0.664. The van der Waals surface area contributed by atoms with Gasteiger partial charge in [-0.15, -0.1) is 6.58 Å². The lowest BCUT2D eigenvalue weighted by molar-refractivity contribution is -0.141. The number of rotatable bonds is 4. The van der Waals surface area contributed by atoms with Gasteiger partial charge in [-0.1, -0.05) is 12.5 Å². The molecule has 0 saturated heterocycles. The summed E-state index contributed by atoms with van der Waals surface area (Å²) in [6, 6.07) is 0. The van der Waals surface area contributed by atoms with Gasteiger partial charge in [0.1, 0.15) is 5.60 Å². The second-order valence-electron chi connectivity index (χ2n) is 5.09. The molecule has 1 aliphatic carbocycles. The zero-order chi connectivity index (χ0) is 11.5. The van der Waals surface area contributed by atoms with Crippen molar-refractivity contribution in [1.82, 2.24) is 0 Å². The Morgan fingerprint density at radius 1 is 1.40 bits per heavy atom. The Bertz CT molecular complexity index is 247. The molecule has 2 nitrogen and oxygen atoms in total. The standard InChI is InChI=1S/C13H22O2/c1-10(2)4-5-12(14)13(15)8-6-11(3)7-9-13/h11,15H,1,4-9H2,2-3H3. The van der Waals surface area contributed by atoms with E-state index in [0.717, 1.165) is 18.4 Å². The quantitative estimate of drug-likeness (QED) is 0.724. The topological polar surface area (TPSA) is 37.3 Å². The third kappa shape index (κ3) is 3.45. The van der Waals surface area contributed by atoms with Crippen LogP contribution in [-0.4, -0.2) is 16.5 Å². The third-order valence-corrected chi connectivity index (χ3v) is 3.40. The van der Waals surface area contributed by atoms with Crippen molar-refractivity contribution in [2.24, 2.45) is 5.92 Å². The number of hydrogen-bond acceptors (Lipinski definition) is 2. The van der Waals surface area contributed by atoms with Gasteiger partial charge in [-0.05, 0) is 44.9 Å². The van der Waals surface area contributed by atoms with Crippen molar-refractivity contribution in [2.75, 3.05) is 0 Å². The molecule has 1 rings (SSSR count). The molecule has 0 radical (unpaired) electrons. The van der Waals surface area contributed by atoms with Gasteiger partial charge in [0.2, 0.25) is 0 Å². The van der Waals surface area contributed by atoms with Gasteiger partial charge in [0.05, 0.1) is 0 Å². The lowest BCUT2D eigenvalue weighted by Crippen LogP contribution is -2.41. The molecule has 0 aromatic rings. The summed E-state index contributed by atoms with van der Waals surface area (Å²) >= 11 is 0. The first kappa shape index (κ1) is 12.4. The maximum absolute atomic E-state index is 11.8. The molecular formula is C13H22O2. The van der Waals surface area contributed by atoms with Crippen LogP contribution in [0.2, 0.25) is 0 Å². The van der Waals surface area contributed by atoms with Crippen molar-refractivity contribution < 1.29 is 9.90 Å². The molecule has 0 heterocycles. The molecule has 1 saturated carbocycles.